The first-order valence-electron chi connectivity index (χ1n) is 23.6. The molecular formula is C64H46N4. The number of aromatic nitrogens is 2. The third-order valence-corrected chi connectivity index (χ3v) is 13.9. The van der Waals surface area contributed by atoms with Crippen LogP contribution in [-0.4, -0.2) is 14.8 Å². The van der Waals surface area contributed by atoms with E-state index >= 15 is 0 Å². The van der Waals surface area contributed by atoms with Gasteiger partial charge in [0, 0.05) is 56.7 Å². The SMILES string of the molecule is c1ccc(C2=NC(c3cccc(-n4c5ccc(-c6ccc7c(c6)c6ccccc6n7-c6ccccc6)cc5c5cc(-c6ccccc6)cc(-c6ccccc6)c54)c3)NC(c3ccccc3)C2)cc1. The molecule has 0 saturated carbocycles. The van der Waals surface area contributed by atoms with Gasteiger partial charge in [-0.3, -0.25) is 10.3 Å². The maximum absolute atomic E-state index is 5.45. The van der Waals surface area contributed by atoms with Crippen molar-refractivity contribution in [2.75, 3.05) is 0 Å². The van der Waals surface area contributed by atoms with Crippen molar-refractivity contribution < 1.29 is 0 Å². The van der Waals surface area contributed by atoms with Gasteiger partial charge in [-0.1, -0.05) is 182 Å². The van der Waals surface area contributed by atoms with E-state index in [1.165, 1.54) is 77.0 Å². The largest absolute Gasteiger partial charge is 0.309 e. The van der Waals surface area contributed by atoms with Gasteiger partial charge in [0.25, 0.3) is 0 Å². The van der Waals surface area contributed by atoms with Crippen LogP contribution in [0.3, 0.4) is 0 Å². The van der Waals surface area contributed by atoms with Crippen LogP contribution in [0.2, 0.25) is 0 Å². The number of fused-ring (bicyclic) bond motifs is 6. The average molecular weight is 871 g/mol. The second-order valence-corrected chi connectivity index (χ2v) is 17.9. The second-order valence-electron chi connectivity index (χ2n) is 17.9. The third kappa shape index (κ3) is 6.93. The Hall–Kier alpha value is -8.57. The van der Waals surface area contributed by atoms with E-state index in [1.54, 1.807) is 0 Å². The van der Waals surface area contributed by atoms with Gasteiger partial charge in [-0.25, -0.2) is 0 Å². The van der Waals surface area contributed by atoms with E-state index in [-0.39, 0.29) is 12.2 Å². The molecule has 2 atom stereocenters. The maximum atomic E-state index is 5.45. The number of para-hydroxylation sites is 2. The summed E-state index contributed by atoms with van der Waals surface area (Å²) in [6, 6.07) is 90.5. The molecule has 13 rings (SSSR count). The minimum Gasteiger partial charge on any atom is -0.309 e. The molecule has 0 aliphatic carbocycles. The van der Waals surface area contributed by atoms with E-state index in [4.69, 9.17) is 4.99 Å². The lowest BCUT2D eigenvalue weighted by molar-refractivity contribution is 0.442. The summed E-state index contributed by atoms with van der Waals surface area (Å²) in [5.74, 6) is 0. The van der Waals surface area contributed by atoms with E-state index in [0.717, 1.165) is 40.2 Å². The van der Waals surface area contributed by atoms with Crippen molar-refractivity contribution in [1.29, 1.82) is 0 Å². The van der Waals surface area contributed by atoms with Crippen LogP contribution in [0.25, 0.3) is 88.4 Å². The molecule has 4 nitrogen and oxygen atoms in total. The van der Waals surface area contributed by atoms with Gasteiger partial charge in [0.2, 0.25) is 0 Å². The summed E-state index contributed by atoms with van der Waals surface area (Å²) in [6.07, 6.45) is 0.566. The molecule has 0 spiro atoms. The van der Waals surface area contributed by atoms with Crippen LogP contribution in [0.1, 0.15) is 35.3 Å². The summed E-state index contributed by atoms with van der Waals surface area (Å²) in [5.41, 5.74) is 18.7. The Labute approximate surface area is 395 Å². The minimum absolute atomic E-state index is 0.111. The van der Waals surface area contributed by atoms with Gasteiger partial charge in [0.1, 0.15) is 6.17 Å². The molecule has 1 aliphatic rings. The quantitative estimate of drug-likeness (QED) is 0.162. The van der Waals surface area contributed by atoms with Crippen molar-refractivity contribution in [3.63, 3.8) is 0 Å². The molecule has 2 aromatic heterocycles. The Kier molecular flexibility index (Phi) is 9.76. The number of aliphatic imine (C=N–C) groups is 1. The van der Waals surface area contributed by atoms with Crippen LogP contribution < -0.4 is 5.32 Å². The van der Waals surface area contributed by atoms with Crippen LogP contribution in [0, 0.1) is 0 Å². The fourth-order valence-electron chi connectivity index (χ4n) is 10.7. The molecule has 0 saturated heterocycles. The molecule has 12 aromatic rings. The molecule has 68 heavy (non-hydrogen) atoms. The van der Waals surface area contributed by atoms with Crippen LogP contribution in [-0.2, 0) is 0 Å². The van der Waals surface area contributed by atoms with Crippen LogP contribution in [0.4, 0.5) is 0 Å². The fraction of sp³-hybridized carbons (Fsp3) is 0.0469. The summed E-state index contributed by atoms with van der Waals surface area (Å²) >= 11 is 0. The number of rotatable bonds is 8. The number of nitrogens with one attached hydrogen (secondary N) is 1. The molecular weight excluding hydrogens is 825 g/mol. The highest BCUT2D eigenvalue weighted by atomic mass is 15.1. The zero-order chi connectivity index (χ0) is 45.0. The topological polar surface area (TPSA) is 34.2 Å². The highest BCUT2D eigenvalue weighted by Crippen LogP contribution is 2.44. The first-order valence-corrected chi connectivity index (χ1v) is 23.6. The fourth-order valence-corrected chi connectivity index (χ4v) is 10.7. The normalized spacial score (nSPS) is 15.0. The Morgan fingerprint density at radius 2 is 0.882 bits per heavy atom. The number of hydrogen-bond donors (Lipinski definition) is 1. The Morgan fingerprint density at radius 3 is 1.59 bits per heavy atom. The summed E-state index contributed by atoms with van der Waals surface area (Å²) in [5, 5.41) is 8.85. The number of benzene rings is 10. The van der Waals surface area contributed by atoms with Crippen molar-refractivity contribution >= 4 is 49.3 Å². The van der Waals surface area contributed by atoms with Gasteiger partial charge in [-0.15, -0.1) is 0 Å². The monoisotopic (exact) mass is 870 g/mol. The second kappa shape index (κ2) is 16.7. The smallest absolute Gasteiger partial charge is 0.126 e. The molecule has 3 heterocycles. The molecule has 0 radical (unpaired) electrons. The molecule has 322 valence electrons. The van der Waals surface area contributed by atoms with E-state index in [0.29, 0.717) is 0 Å². The van der Waals surface area contributed by atoms with Gasteiger partial charge in [0.15, 0.2) is 0 Å². The molecule has 0 amide bonds. The summed E-state index contributed by atoms with van der Waals surface area (Å²) in [6.45, 7) is 0. The van der Waals surface area contributed by atoms with Crippen LogP contribution >= 0.6 is 0 Å². The van der Waals surface area contributed by atoms with E-state index in [9.17, 15) is 0 Å². The molecule has 2 unspecified atom stereocenters. The summed E-state index contributed by atoms with van der Waals surface area (Å²) in [7, 11) is 0. The summed E-state index contributed by atoms with van der Waals surface area (Å²) in [4.78, 5) is 5.45. The van der Waals surface area contributed by atoms with E-state index in [1.807, 2.05) is 0 Å². The number of hydrogen-bond acceptors (Lipinski definition) is 2. The van der Waals surface area contributed by atoms with Gasteiger partial charge in [-0.05, 0) is 111 Å². The molecule has 0 bridgehead atoms. The summed E-state index contributed by atoms with van der Waals surface area (Å²) < 4.78 is 4.87. The van der Waals surface area contributed by atoms with Crippen molar-refractivity contribution in [3.05, 3.63) is 265 Å². The van der Waals surface area contributed by atoms with Gasteiger partial charge >= 0.3 is 0 Å². The molecule has 0 fully saturated rings. The third-order valence-electron chi connectivity index (χ3n) is 13.9. The highest BCUT2D eigenvalue weighted by molar-refractivity contribution is 6.17. The van der Waals surface area contributed by atoms with Gasteiger partial charge < -0.3 is 9.13 Å². The molecule has 1 N–H and O–H groups in total. The van der Waals surface area contributed by atoms with E-state index in [2.05, 4.69) is 263 Å². The lowest BCUT2D eigenvalue weighted by Gasteiger charge is -2.31. The Bertz CT molecular complexity index is 3830. The van der Waals surface area contributed by atoms with Crippen LogP contribution in [0.15, 0.2) is 254 Å². The van der Waals surface area contributed by atoms with Crippen molar-refractivity contribution in [1.82, 2.24) is 14.5 Å². The van der Waals surface area contributed by atoms with Crippen molar-refractivity contribution in [3.8, 4) is 44.8 Å². The van der Waals surface area contributed by atoms with Crippen molar-refractivity contribution in [2.45, 2.75) is 18.6 Å². The van der Waals surface area contributed by atoms with Crippen molar-refractivity contribution in [2.24, 2.45) is 4.99 Å². The number of nitrogens with zero attached hydrogens (tertiary/aromatic N) is 3. The standard InChI is InChI=1S/C64H46N4/c1-6-19-43(20-7-1)50-40-54(44-21-8-2-9-22-44)63-57(41-50)56-39-48(47-33-35-61-55(38-47)53-31-16-17-32-60(53)67(61)51-28-14-5-15-29-51)34-36-62(56)68(63)52-30-18-27-49(37-52)64-65-58(45-23-10-3-11-24-45)42-59(66-64)46-25-12-4-13-26-46/h1-41,58,64-65H,42H2. The predicted octanol–water partition coefficient (Wildman–Crippen LogP) is 16.1. The highest BCUT2D eigenvalue weighted by Gasteiger charge is 2.27. The molecule has 1 aliphatic heterocycles. The first kappa shape index (κ1) is 39.8. The lowest BCUT2D eigenvalue weighted by Crippen LogP contribution is -2.33. The Balaban J connectivity index is 1.03. The first-order chi connectivity index (χ1) is 33.7. The van der Waals surface area contributed by atoms with Gasteiger partial charge in [0.05, 0.1) is 22.1 Å². The predicted molar refractivity (Wildman–Crippen MR) is 284 cm³/mol. The van der Waals surface area contributed by atoms with E-state index < -0.39 is 0 Å². The zero-order valence-electron chi connectivity index (χ0n) is 37.4. The average Bonchev–Trinajstić information content (AvgIpc) is 3.94. The zero-order valence-corrected chi connectivity index (χ0v) is 37.4. The minimum atomic E-state index is -0.246. The van der Waals surface area contributed by atoms with Crippen LogP contribution in [0.5, 0.6) is 0 Å². The van der Waals surface area contributed by atoms with Gasteiger partial charge in [-0.2, -0.15) is 0 Å². The lowest BCUT2D eigenvalue weighted by atomic mass is 9.94. The Morgan fingerprint density at radius 1 is 0.353 bits per heavy atom. The molecule has 10 aromatic carbocycles. The molecule has 4 heteroatoms. The maximum Gasteiger partial charge on any atom is 0.126 e.